The van der Waals surface area contributed by atoms with Crippen molar-refractivity contribution < 1.29 is 0 Å². The van der Waals surface area contributed by atoms with Crippen molar-refractivity contribution in [3.63, 3.8) is 0 Å². The first-order chi connectivity index (χ1) is 9.77. The van der Waals surface area contributed by atoms with Crippen LogP contribution in [0.1, 0.15) is 11.3 Å². The molecule has 1 aromatic heterocycles. The van der Waals surface area contributed by atoms with Crippen molar-refractivity contribution in [3.8, 4) is 11.1 Å². The summed E-state index contributed by atoms with van der Waals surface area (Å²) in [5.74, 6) is 0. The third-order valence-electron chi connectivity index (χ3n) is 3.04. The van der Waals surface area contributed by atoms with Crippen LogP contribution in [-0.2, 0) is 0 Å². The molecule has 20 heavy (non-hydrogen) atoms. The van der Waals surface area contributed by atoms with Crippen LogP contribution in [0.4, 0.5) is 0 Å². The molecule has 0 radical (unpaired) electrons. The summed E-state index contributed by atoms with van der Waals surface area (Å²) in [5, 5.41) is 0. The average Bonchev–Trinajstić information content (AvgIpc) is 2.50. The molecular weight excluding hydrogens is 242 g/mol. The summed E-state index contributed by atoms with van der Waals surface area (Å²) in [4.78, 5) is 3.98. The SMILES string of the molecule is Cc1ccccc1-c1ccccc1.Cc1ccccn1. The third kappa shape index (κ3) is 4.06. The fourth-order valence-corrected chi connectivity index (χ4v) is 1.96. The van der Waals surface area contributed by atoms with Gasteiger partial charge in [-0.15, -0.1) is 0 Å². The molecule has 0 saturated heterocycles. The Labute approximate surface area is 121 Å². The highest BCUT2D eigenvalue weighted by Crippen LogP contribution is 2.21. The van der Waals surface area contributed by atoms with E-state index >= 15 is 0 Å². The van der Waals surface area contributed by atoms with Crippen molar-refractivity contribution in [1.82, 2.24) is 4.98 Å². The normalized spacial score (nSPS) is 9.50. The van der Waals surface area contributed by atoms with E-state index < -0.39 is 0 Å². The summed E-state index contributed by atoms with van der Waals surface area (Å²) in [6.07, 6.45) is 1.79. The Morgan fingerprint density at radius 1 is 0.650 bits per heavy atom. The van der Waals surface area contributed by atoms with Crippen molar-refractivity contribution in [2.45, 2.75) is 13.8 Å². The minimum atomic E-state index is 1.07. The molecule has 1 heteroatoms. The molecule has 0 aliphatic heterocycles. The Morgan fingerprint density at radius 2 is 1.30 bits per heavy atom. The molecule has 100 valence electrons. The second kappa shape index (κ2) is 7.25. The summed E-state index contributed by atoms with van der Waals surface area (Å²) in [6, 6.07) is 24.8. The molecular formula is C19H19N. The van der Waals surface area contributed by atoms with Gasteiger partial charge in [-0.05, 0) is 42.7 Å². The highest BCUT2D eigenvalue weighted by molar-refractivity contribution is 5.66. The zero-order chi connectivity index (χ0) is 14.2. The van der Waals surface area contributed by atoms with Crippen molar-refractivity contribution in [1.29, 1.82) is 0 Å². The zero-order valence-corrected chi connectivity index (χ0v) is 12.0. The lowest BCUT2D eigenvalue weighted by Crippen LogP contribution is -1.80. The van der Waals surface area contributed by atoms with Gasteiger partial charge in [0.25, 0.3) is 0 Å². The van der Waals surface area contributed by atoms with Crippen LogP contribution in [0.3, 0.4) is 0 Å². The van der Waals surface area contributed by atoms with Gasteiger partial charge in [-0.3, -0.25) is 4.98 Å². The number of rotatable bonds is 1. The van der Waals surface area contributed by atoms with Crippen molar-refractivity contribution in [3.05, 3.63) is 90.3 Å². The van der Waals surface area contributed by atoms with Gasteiger partial charge in [-0.25, -0.2) is 0 Å². The van der Waals surface area contributed by atoms with Crippen LogP contribution >= 0.6 is 0 Å². The van der Waals surface area contributed by atoms with E-state index in [0.717, 1.165) is 5.69 Å². The van der Waals surface area contributed by atoms with Crippen molar-refractivity contribution in [2.75, 3.05) is 0 Å². The van der Waals surface area contributed by atoms with Gasteiger partial charge < -0.3 is 0 Å². The van der Waals surface area contributed by atoms with E-state index in [0.29, 0.717) is 0 Å². The van der Waals surface area contributed by atoms with Gasteiger partial charge in [-0.1, -0.05) is 60.7 Å². The number of benzene rings is 2. The van der Waals surface area contributed by atoms with Gasteiger partial charge in [0, 0.05) is 11.9 Å². The Balaban J connectivity index is 0.000000178. The van der Waals surface area contributed by atoms with Gasteiger partial charge in [0.05, 0.1) is 0 Å². The van der Waals surface area contributed by atoms with Gasteiger partial charge >= 0.3 is 0 Å². The third-order valence-corrected chi connectivity index (χ3v) is 3.04. The second-order valence-corrected chi connectivity index (χ2v) is 4.65. The fourth-order valence-electron chi connectivity index (χ4n) is 1.96. The van der Waals surface area contributed by atoms with E-state index in [4.69, 9.17) is 0 Å². The summed E-state index contributed by atoms with van der Waals surface area (Å²) in [5.41, 5.74) is 5.01. The van der Waals surface area contributed by atoms with Crippen LogP contribution in [0.5, 0.6) is 0 Å². The maximum Gasteiger partial charge on any atom is 0.0372 e. The molecule has 0 unspecified atom stereocenters. The first-order valence-corrected chi connectivity index (χ1v) is 6.76. The highest BCUT2D eigenvalue weighted by Gasteiger charge is 1.97. The molecule has 0 bridgehead atoms. The lowest BCUT2D eigenvalue weighted by molar-refractivity contribution is 1.20. The van der Waals surface area contributed by atoms with E-state index in [1.807, 2.05) is 31.2 Å². The Hall–Kier alpha value is -2.41. The second-order valence-electron chi connectivity index (χ2n) is 4.65. The van der Waals surface area contributed by atoms with E-state index in [9.17, 15) is 0 Å². The summed E-state index contributed by atoms with van der Waals surface area (Å²) >= 11 is 0. The minimum Gasteiger partial charge on any atom is -0.262 e. The van der Waals surface area contributed by atoms with E-state index in [1.54, 1.807) is 6.20 Å². The average molecular weight is 261 g/mol. The van der Waals surface area contributed by atoms with Crippen molar-refractivity contribution >= 4 is 0 Å². The molecule has 1 nitrogen and oxygen atoms in total. The quantitative estimate of drug-likeness (QED) is 0.597. The minimum absolute atomic E-state index is 1.07. The zero-order valence-electron chi connectivity index (χ0n) is 12.0. The molecule has 0 saturated carbocycles. The largest absolute Gasteiger partial charge is 0.262 e. The predicted octanol–water partition coefficient (Wildman–Crippen LogP) is 5.05. The molecule has 0 aliphatic rings. The van der Waals surface area contributed by atoms with E-state index in [2.05, 4.69) is 60.4 Å². The standard InChI is InChI=1S/C13H12.C6H7N/c1-11-7-5-6-10-13(11)12-8-3-2-4-9-12;1-6-4-2-3-5-7-6/h2-10H,1H3;2-5H,1H3. The molecule has 0 fully saturated rings. The number of aryl methyl sites for hydroxylation is 2. The van der Waals surface area contributed by atoms with Gasteiger partial charge in [0.2, 0.25) is 0 Å². The van der Waals surface area contributed by atoms with E-state index in [1.165, 1.54) is 16.7 Å². The first-order valence-electron chi connectivity index (χ1n) is 6.76. The molecule has 0 aliphatic carbocycles. The summed E-state index contributed by atoms with van der Waals surface area (Å²) < 4.78 is 0. The monoisotopic (exact) mass is 261 g/mol. The first kappa shape index (κ1) is 14.0. The van der Waals surface area contributed by atoms with Crippen LogP contribution in [0.2, 0.25) is 0 Å². The predicted molar refractivity (Wildman–Crippen MR) is 85.6 cm³/mol. The van der Waals surface area contributed by atoms with Crippen LogP contribution in [-0.4, -0.2) is 4.98 Å². The Bertz CT molecular complexity index is 630. The molecule has 0 atom stereocenters. The summed E-state index contributed by atoms with van der Waals surface area (Å²) in [6.45, 7) is 4.11. The molecule has 0 amide bonds. The number of hydrogen-bond acceptors (Lipinski definition) is 1. The number of pyridine rings is 1. The molecule has 2 aromatic carbocycles. The highest BCUT2D eigenvalue weighted by atomic mass is 14.6. The van der Waals surface area contributed by atoms with Crippen molar-refractivity contribution in [2.24, 2.45) is 0 Å². The maximum absolute atomic E-state index is 3.98. The lowest BCUT2D eigenvalue weighted by atomic mass is 10.0. The number of hydrogen-bond donors (Lipinski definition) is 0. The lowest BCUT2D eigenvalue weighted by Gasteiger charge is -2.04. The molecule has 0 spiro atoms. The van der Waals surface area contributed by atoms with Crippen LogP contribution in [0.25, 0.3) is 11.1 Å². The van der Waals surface area contributed by atoms with Crippen LogP contribution in [0.15, 0.2) is 79.0 Å². The number of aromatic nitrogens is 1. The van der Waals surface area contributed by atoms with Gasteiger partial charge in [0.15, 0.2) is 0 Å². The Kier molecular flexibility index (Phi) is 5.08. The van der Waals surface area contributed by atoms with Crippen LogP contribution in [0, 0.1) is 13.8 Å². The molecule has 1 heterocycles. The van der Waals surface area contributed by atoms with Gasteiger partial charge in [0.1, 0.15) is 0 Å². The van der Waals surface area contributed by atoms with Gasteiger partial charge in [-0.2, -0.15) is 0 Å². The Morgan fingerprint density at radius 3 is 1.85 bits per heavy atom. The smallest absolute Gasteiger partial charge is 0.0372 e. The molecule has 3 rings (SSSR count). The fraction of sp³-hybridized carbons (Fsp3) is 0.105. The maximum atomic E-state index is 3.98. The summed E-state index contributed by atoms with van der Waals surface area (Å²) in [7, 11) is 0. The van der Waals surface area contributed by atoms with Crippen LogP contribution < -0.4 is 0 Å². The topological polar surface area (TPSA) is 12.9 Å². The van der Waals surface area contributed by atoms with E-state index in [-0.39, 0.29) is 0 Å². The molecule has 0 N–H and O–H groups in total. The number of nitrogens with zero attached hydrogens (tertiary/aromatic N) is 1. The molecule has 3 aromatic rings.